The highest BCUT2D eigenvalue weighted by Gasteiger charge is 2.31. The summed E-state index contributed by atoms with van der Waals surface area (Å²) >= 11 is 0. The van der Waals surface area contributed by atoms with Crippen LogP contribution in [0, 0.1) is 13.8 Å². The Labute approximate surface area is 148 Å². The van der Waals surface area contributed by atoms with E-state index >= 15 is 0 Å². The maximum atomic E-state index is 12.9. The normalized spacial score (nSPS) is 12.7. The Morgan fingerprint density at radius 2 is 1.73 bits per heavy atom. The first-order chi connectivity index (χ1) is 11.9. The number of aryl methyl sites for hydroxylation is 3. The quantitative estimate of drug-likeness (QED) is 0.677. The predicted molar refractivity (Wildman–Crippen MR) is 91.5 cm³/mol. The van der Waals surface area contributed by atoms with Crippen molar-refractivity contribution in [2.75, 3.05) is 6.26 Å². The molecule has 0 amide bonds. The molecule has 0 aliphatic carbocycles. The van der Waals surface area contributed by atoms with E-state index in [0.29, 0.717) is 16.8 Å². The first kappa shape index (κ1) is 18.4. The number of aromatic nitrogens is 3. The summed E-state index contributed by atoms with van der Waals surface area (Å²) in [4.78, 5) is 8.58. The van der Waals surface area contributed by atoms with E-state index in [9.17, 15) is 21.6 Å². The zero-order chi connectivity index (χ0) is 19.4. The van der Waals surface area contributed by atoms with E-state index in [1.165, 1.54) is 12.1 Å². The third-order valence-electron chi connectivity index (χ3n) is 4.25. The van der Waals surface area contributed by atoms with Crippen LogP contribution >= 0.6 is 0 Å². The lowest BCUT2D eigenvalue weighted by Gasteiger charge is -2.10. The van der Waals surface area contributed by atoms with Gasteiger partial charge in [0.2, 0.25) is 0 Å². The van der Waals surface area contributed by atoms with Gasteiger partial charge in [-0.05, 0) is 43.7 Å². The molecule has 0 N–H and O–H groups in total. The summed E-state index contributed by atoms with van der Waals surface area (Å²) in [5, 5.41) is 0. The van der Waals surface area contributed by atoms with Crippen LogP contribution in [0.25, 0.3) is 22.6 Å². The molecule has 0 atom stereocenters. The smallest absolute Gasteiger partial charge is 0.326 e. The van der Waals surface area contributed by atoms with Crippen LogP contribution in [0.5, 0.6) is 0 Å². The van der Waals surface area contributed by atoms with Crippen molar-refractivity contribution in [2.24, 2.45) is 7.05 Å². The maximum Gasteiger partial charge on any atom is 0.416 e. The van der Waals surface area contributed by atoms with E-state index in [-0.39, 0.29) is 21.9 Å². The summed E-state index contributed by atoms with van der Waals surface area (Å²) in [6.45, 7) is 3.47. The molecular formula is C17H16F3N3O2S. The Balaban J connectivity index is 2.33. The molecule has 0 aliphatic heterocycles. The van der Waals surface area contributed by atoms with Crippen LogP contribution in [0.2, 0.25) is 0 Å². The number of nitrogens with zero attached hydrogens (tertiary/aromatic N) is 3. The Morgan fingerprint density at radius 3 is 2.31 bits per heavy atom. The molecule has 138 valence electrons. The topological polar surface area (TPSA) is 64.8 Å². The predicted octanol–water partition coefficient (Wildman–Crippen LogP) is 3.67. The number of halogens is 3. The Morgan fingerprint density at radius 1 is 1.08 bits per heavy atom. The third-order valence-corrected chi connectivity index (χ3v) is 5.36. The van der Waals surface area contributed by atoms with Gasteiger partial charge in [-0.25, -0.2) is 18.4 Å². The fourth-order valence-corrected chi connectivity index (χ4v) is 3.59. The Hall–Kier alpha value is -2.42. The van der Waals surface area contributed by atoms with Gasteiger partial charge in [0.25, 0.3) is 0 Å². The van der Waals surface area contributed by atoms with Gasteiger partial charge in [0.15, 0.2) is 15.7 Å². The van der Waals surface area contributed by atoms with Crippen molar-refractivity contribution in [1.29, 1.82) is 0 Å². The van der Waals surface area contributed by atoms with Crippen molar-refractivity contribution in [3.05, 3.63) is 41.1 Å². The molecule has 0 aliphatic rings. The largest absolute Gasteiger partial charge is 0.416 e. The number of rotatable bonds is 2. The average Bonchev–Trinajstić information content (AvgIpc) is 2.84. The highest BCUT2D eigenvalue weighted by atomic mass is 32.2. The summed E-state index contributed by atoms with van der Waals surface area (Å²) in [6.07, 6.45) is -3.42. The summed E-state index contributed by atoms with van der Waals surface area (Å²) in [5.41, 5.74) is 1.21. The number of hydrogen-bond donors (Lipinski definition) is 0. The SMILES string of the molecule is Cc1cc(S(C)(=O)=O)c(-c2nc3cc(C(F)(F)F)ccc3n2C)nc1C. The first-order valence-corrected chi connectivity index (χ1v) is 9.51. The van der Waals surface area contributed by atoms with Gasteiger partial charge in [-0.2, -0.15) is 13.2 Å². The number of hydrogen-bond acceptors (Lipinski definition) is 4. The molecule has 0 fully saturated rings. The standard InChI is InChI=1S/C17H16F3N3O2S/c1-9-7-14(26(4,24)25)15(21-10(9)2)16-22-12-8-11(17(18,19)20)5-6-13(12)23(16)3/h5-8H,1-4H3. The van der Waals surface area contributed by atoms with Crippen molar-refractivity contribution >= 4 is 20.9 Å². The van der Waals surface area contributed by atoms with Crippen molar-refractivity contribution < 1.29 is 21.6 Å². The van der Waals surface area contributed by atoms with Crippen LogP contribution in [0.1, 0.15) is 16.8 Å². The summed E-state index contributed by atoms with van der Waals surface area (Å²) in [6, 6.07) is 4.74. The minimum Gasteiger partial charge on any atom is -0.326 e. The molecule has 2 heterocycles. The lowest BCUT2D eigenvalue weighted by molar-refractivity contribution is -0.137. The fraction of sp³-hybridized carbons (Fsp3) is 0.294. The molecule has 0 saturated carbocycles. The minimum absolute atomic E-state index is 0.00458. The van der Waals surface area contributed by atoms with E-state index in [2.05, 4.69) is 9.97 Å². The summed E-state index contributed by atoms with van der Waals surface area (Å²) < 4.78 is 64.7. The third kappa shape index (κ3) is 3.07. The van der Waals surface area contributed by atoms with E-state index in [0.717, 1.165) is 18.4 Å². The number of pyridine rings is 1. The molecule has 0 unspecified atom stereocenters. The molecule has 3 aromatic rings. The van der Waals surface area contributed by atoms with Gasteiger partial charge in [-0.3, -0.25) is 0 Å². The molecule has 2 aromatic heterocycles. The van der Waals surface area contributed by atoms with Crippen LogP contribution in [-0.2, 0) is 23.1 Å². The molecule has 0 saturated heterocycles. The van der Waals surface area contributed by atoms with Gasteiger partial charge >= 0.3 is 6.18 Å². The number of fused-ring (bicyclic) bond motifs is 1. The van der Waals surface area contributed by atoms with Gasteiger partial charge in [-0.15, -0.1) is 0 Å². The first-order valence-electron chi connectivity index (χ1n) is 7.62. The fourth-order valence-electron chi connectivity index (χ4n) is 2.71. The maximum absolute atomic E-state index is 12.9. The molecule has 5 nitrogen and oxygen atoms in total. The van der Waals surface area contributed by atoms with Gasteiger partial charge < -0.3 is 4.57 Å². The molecule has 0 bridgehead atoms. The summed E-state index contributed by atoms with van der Waals surface area (Å²) in [7, 11) is -1.99. The number of imidazole rings is 1. The van der Waals surface area contributed by atoms with Gasteiger partial charge in [0.1, 0.15) is 5.69 Å². The molecule has 0 spiro atoms. The van der Waals surface area contributed by atoms with Crippen LogP contribution < -0.4 is 0 Å². The molecule has 1 aromatic carbocycles. The minimum atomic E-state index is -4.48. The second-order valence-electron chi connectivity index (χ2n) is 6.21. The lowest BCUT2D eigenvalue weighted by Crippen LogP contribution is -2.07. The number of sulfone groups is 1. The second-order valence-corrected chi connectivity index (χ2v) is 8.19. The molecule has 26 heavy (non-hydrogen) atoms. The lowest BCUT2D eigenvalue weighted by atomic mass is 10.2. The summed E-state index contributed by atoms with van der Waals surface area (Å²) in [5.74, 6) is 0.197. The monoisotopic (exact) mass is 383 g/mol. The van der Waals surface area contributed by atoms with Crippen molar-refractivity contribution in [1.82, 2.24) is 14.5 Å². The highest BCUT2D eigenvalue weighted by molar-refractivity contribution is 7.90. The van der Waals surface area contributed by atoms with Crippen LogP contribution in [0.4, 0.5) is 13.2 Å². The van der Waals surface area contributed by atoms with E-state index in [4.69, 9.17) is 0 Å². The van der Waals surface area contributed by atoms with Gasteiger partial charge in [-0.1, -0.05) is 0 Å². The number of benzene rings is 1. The van der Waals surface area contributed by atoms with Gasteiger partial charge in [0, 0.05) is 19.0 Å². The van der Waals surface area contributed by atoms with E-state index < -0.39 is 21.6 Å². The Kier molecular flexibility index (Phi) is 4.10. The van der Waals surface area contributed by atoms with E-state index in [1.807, 2.05) is 0 Å². The average molecular weight is 383 g/mol. The zero-order valence-corrected chi connectivity index (χ0v) is 15.3. The molecular weight excluding hydrogens is 367 g/mol. The molecule has 9 heteroatoms. The Bertz CT molecular complexity index is 1130. The number of alkyl halides is 3. The van der Waals surface area contributed by atoms with Crippen molar-refractivity contribution in [2.45, 2.75) is 24.9 Å². The van der Waals surface area contributed by atoms with Crippen LogP contribution in [0.15, 0.2) is 29.2 Å². The van der Waals surface area contributed by atoms with Crippen molar-refractivity contribution in [3.63, 3.8) is 0 Å². The van der Waals surface area contributed by atoms with Crippen LogP contribution in [0.3, 0.4) is 0 Å². The zero-order valence-electron chi connectivity index (χ0n) is 14.5. The molecule has 0 radical (unpaired) electrons. The second kappa shape index (κ2) is 5.80. The molecule has 3 rings (SSSR count). The van der Waals surface area contributed by atoms with E-state index in [1.54, 1.807) is 25.5 Å². The van der Waals surface area contributed by atoms with Crippen molar-refractivity contribution in [3.8, 4) is 11.5 Å². The van der Waals surface area contributed by atoms with Crippen LogP contribution in [-0.4, -0.2) is 29.2 Å². The van der Waals surface area contributed by atoms with Gasteiger partial charge in [0.05, 0.1) is 21.5 Å². The highest BCUT2D eigenvalue weighted by Crippen LogP contribution is 2.33.